The van der Waals surface area contributed by atoms with E-state index in [2.05, 4.69) is 29.2 Å². The lowest BCUT2D eigenvalue weighted by Crippen LogP contribution is -2.31. The molecule has 2 saturated heterocycles. The van der Waals surface area contributed by atoms with E-state index < -0.39 is 0 Å². The van der Waals surface area contributed by atoms with E-state index >= 15 is 0 Å². The first-order chi connectivity index (χ1) is 9.40. The predicted molar refractivity (Wildman–Crippen MR) is 80.4 cm³/mol. The summed E-state index contributed by atoms with van der Waals surface area (Å²) in [5.41, 5.74) is 8.85. The number of hydrogen-bond acceptors (Lipinski definition) is 2. The van der Waals surface area contributed by atoms with Crippen LogP contribution in [-0.2, 0) is 6.42 Å². The zero-order chi connectivity index (χ0) is 13.1. The van der Waals surface area contributed by atoms with Crippen LogP contribution in [0.25, 0.3) is 0 Å². The molecule has 0 radical (unpaired) electrons. The molecule has 2 heteroatoms. The Morgan fingerprint density at radius 3 is 2.84 bits per heavy atom. The predicted octanol–water partition coefficient (Wildman–Crippen LogP) is 2.92. The summed E-state index contributed by atoms with van der Waals surface area (Å²) in [6.45, 7) is 3.38. The van der Waals surface area contributed by atoms with Crippen molar-refractivity contribution in [3.05, 3.63) is 35.4 Å². The van der Waals surface area contributed by atoms with Gasteiger partial charge in [0.2, 0.25) is 0 Å². The minimum Gasteiger partial charge on any atom is -0.330 e. The van der Waals surface area contributed by atoms with Gasteiger partial charge in [0.1, 0.15) is 0 Å². The van der Waals surface area contributed by atoms with Gasteiger partial charge < -0.3 is 5.73 Å². The van der Waals surface area contributed by atoms with E-state index in [9.17, 15) is 0 Å². The lowest BCUT2D eigenvalue weighted by molar-refractivity contribution is 0.249. The Kier molecular flexibility index (Phi) is 4.19. The maximum atomic E-state index is 5.77. The molecule has 2 N–H and O–H groups in total. The molecule has 19 heavy (non-hydrogen) atoms. The molecule has 2 nitrogen and oxygen atoms in total. The van der Waals surface area contributed by atoms with Crippen LogP contribution < -0.4 is 5.73 Å². The van der Waals surface area contributed by atoms with E-state index in [0.29, 0.717) is 0 Å². The van der Waals surface area contributed by atoms with Crippen LogP contribution in [0.4, 0.5) is 0 Å². The molecule has 104 valence electrons. The average molecular weight is 258 g/mol. The van der Waals surface area contributed by atoms with Gasteiger partial charge in [-0.25, -0.2) is 0 Å². The number of fused-ring (bicyclic) bond motifs is 1. The summed E-state index contributed by atoms with van der Waals surface area (Å²) in [7, 11) is 0. The maximum Gasteiger partial charge on any atom is 0.0164 e. The third-order valence-electron chi connectivity index (χ3n) is 4.97. The van der Waals surface area contributed by atoms with Gasteiger partial charge in [-0.05, 0) is 56.4 Å². The van der Waals surface area contributed by atoms with Crippen molar-refractivity contribution in [1.82, 2.24) is 4.90 Å². The molecule has 0 spiro atoms. The standard InChI is InChI=1S/C17H26N2/c18-11-9-14-6-3-4-7-15(14)16-10-13-19-12-5-1-2-8-17(16)19/h3-4,6-7,16-17H,1-2,5,8-13,18H2. The molecule has 0 amide bonds. The Balaban J connectivity index is 1.85. The van der Waals surface area contributed by atoms with Gasteiger partial charge >= 0.3 is 0 Å². The summed E-state index contributed by atoms with van der Waals surface area (Å²) in [5, 5.41) is 0. The summed E-state index contributed by atoms with van der Waals surface area (Å²) >= 11 is 0. The van der Waals surface area contributed by atoms with Crippen LogP contribution >= 0.6 is 0 Å². The third kappa shape index (κ3) is 2.70. The van der Waals surface area contributed by atoms with Crippen LogP contribution in [0.5, 0.6) is 0 Å². The molecular weight excluding hydrogens is 232 g/mol. The highest BCUT2D eigenvalue weighted by Crippen LogP contribution is 2.39. The first kappa shape index (κ1) is 13.1. The van der Waals surface area contributed by atoms with Crippen LogP contribution in [0.2, 0.25) is 0 Å². The van der Waals surface area contributed by atoms with Crippen LogP contribution in [0.3, 0.4) is 0 Å². The summed E-state index contributed by atoms with van der Waals surface area (Å²) in [4.78, 5) is 2.75. The van der Waals surface area contributed by atoms with Crippen molar-refractivity contribution >= 4 is 0 Å². The summed E-state index contributed by atoms with van der Waals surface area (Å²) in [5.74, 6) is 0.751. The Labute approximate surface area is 117 Å². The van der Waals surface area contributed by atoms with Crippen molar-refractivity contribution in [1.29, 1.82) is 0 Å². The molecule has 0 saturated carbocycles. The Morgan fingerprint density at radius 1 is 1.05 bits per heavy atom. The SMILES string of the molecule is NCCc1ccccc1C1CCN2CCCCCC12. The number of nitrogens with zero attached hydrogens (tertiary/aromatic N) is 1. The smallest absolute Gasteiger partial charge is 0.0164 e. The van der Waals surface area contributed by atoms with Crippen LogP contribution in [0.15, 0.2) is 24.3 Å². The Morgan fingerprint density at radius 2 is 1.95 bits per heavy atom. The van der Waals surface area contributed by atoms with Crippen LogP contribution in [0, 0.1) is 0 Å². The minimum atomic E-state index is 0.751. The van der Waals surface area contributed by atoms with Gasteiger partial charge in [-0.3, -0.25) is 4.90 Å². The molecule has 2 heterocycles. The normalized spacial score (nSPS) is 28.1. The van der Waals surface area contributed by atoms with Crippen LogP contribution in [0.1, 0.15) is 49.1 Å². The van der Waals surface area contributed by atoms with Gasteiger partial charge in [0.05, 0.1) is 0 Å². The summed E-state index contributed by atoms with van der Waals surface area (Å²) in [6.07, 6.45) is 7.99. The van der Waals surface area contributed by atoms with E-state index in [-0.39, 0.29) is 0 Å². The number of rotatable bonds is 3. The Bertz CT molecular complexity index is 415. The van der Waals surface area contributed by atoms with E-state index in [1.165, 1.54) is 50.8 Å². The fourth-order valence-electron chi connectivity index (χ4n) is 4.07. The largest absolute Gasteiger partial charge is 0.330 e. The number of benzene rings is 1. The molecule has 1 aromatic carbocycles. The van der Waals surface area contributed by atoms with Crippen LogP contribution in [-0.4, -0.2) is 30.6 Å². The fraction of sp³-hybridized carbons (Fsp3) is 0.647. The van der Waals surface area contributed by atoms with Crippen molar-refractivity contribution < 1.29 is 0 Å². The van der Waals surface area contributed by atoms with E-state index in [0.717, 1.165) is 24.9 Å². The monoisotopic (exact) mass is 258 g/mol. The molecule has 2 aliphatic heterocycles. The molecular formula is C17H26N2. The number of nitrogens with two attached hydrogens (primary N) is 1. The molecule has 0 bridgehead atoms. The molecule has 2 aliphatic rings. The first-order valence-electron chi connectivity index (χ1n) is 7.92. The van der Waals surface area contributed by atoms with E-state index in [4.69, 9.17) is 5.73 Å². The lowest BCUT2D eigenvalue weighted by Gasteiger charge is -2.27. The first-order valence-corrected chi connectivity index (χ1v) is 7.92. The molecule has 0 aromatic heterocycles. The quantitative estimate of drug-likeness (QED) is 0.903. The highest BCUT2D eigenvalue weighted by molar-refractivity contribution is 5.33. The van der Waals surface area contributed by atoms with Crippen molar-refractivity contribution in [2.75, 3.05) is 19.6 Å². The third-order valence-corrected chi connectivity index (χ3v) is 4.97. The van der Waals surface area contributed by atoms with E-state index in [1.807, 2.05) is 0 Å². The summed E-state index contributed by atoms with van der Waals surface area (Å²) < 4.78 is 0. The zero-order valence-corrected chi connectivity index (χ0v) is 11.9. The van der Waals surface area contributed by atoms with E-state index in [1.54, 1.807) is 5.56 Å². The van der Waals surface area contributed by atoms with Gasteiger partial charge in [-0.1, -0.05) is 37.1 Å². The van der Waals surface area contributed by atoms with Gasteiger partial charge in [-0.15, -0.1) is 0 Å². The lowest BCUT2D eigenvalue weighted by atomic mass is 9.85. The molecule has 1 aromatic rings. The van der Waals surface area contributed by atoms with Crippen molar-refractivity contribution in [3.63, 3.8) is 0 Å². The average Bonchev–Trinajstić information content (AvgIpc) is 2.68. The molecule has 0 aliphatic carbocycles. The second kappa shape index (κ2) is 6.06. The minimum absolute atomic E-state index is 0.751. The number of hydrogen-bond donors (Lipinski definition) is 1. The van der Waals surface area contributed by atoms with Crippen molar-refractivity contribution in [3.8, 4) is 0 Å². The fourth-order valence-corrected chi connectivity index (χ4v) is 4.07. The van der Waals surface area contributed by atoms with Crippen molar-refractivity contribution in [2.24, 2.45) is 5.73 Å². The van der Waals surface area contributed by atoms with Gasteiger partial charge in [0.15, 0.2) is 0 Å². The zero-order valence-electron chi connectivity index (χ0n) is 11.9. The van der Waals surface area contributed by atoms with Gasteiger partial charge in [0.25, 0.3) is 0 Å². The van der Waals surface area contributed by atoms with Crippen molar-refractivity contribution in [2.45, 2.75) is 50.5 Å². The maximum absolute atomic E-state index is 5.77. The highest BCUT2D eigenvalue weighted by Gasteiger charge is 2.35. The molecule has 3 rings (SSSR count). The second-order valence-electron chi connectivity index (χ2n) is 6.09. The molecule has 2 unspecified atom stereocenters. The molecule has 2 atom stereocenters. The summed E-state index contributed by atoms with van der Waals surface area (Å²) in [6, 6.07) is 9.79. The second-order valence-corrected chi connectivity index (χ2v) is 6.09. The topological polar surface area (TPSA) is 29.3 Å². The Hall–Kier alpha value is -0.860. The van der Waals surface area contributed by atoms with Gasteiger partial charge in [0, 0.05) is 12.0 Å². The van der Waals surface area contributed by atoms with Gasteiger partial charge in [-0.2, -0.15) is 0 Å². The molecule has 2 fully saturated rings. The highest BCUT2D eigenvalue weighted by atomic mass is 15.2.